The molecule has 0 aromatic heterocycles. The van der Waals surface area contributed by atoms with Crippen molar-refractivity contribution in [2.45, 2.75) is 20.3 Å². The quantitative estimate of drug-likeness (QED) is 0.416. The van der Waals surface area contributed by atoms with E-state index in [-0.39, 0.29) is 51.0 Å². The molecule has 12 heavy (non-hydrogen) atoms. The summed E-state index contributed by atoms with van der Waals surface area (Å²) >= 11 is 0. The minimum Gasteiger partial charge on any atom is -1.00 e. The molecule has 0 bridgehead atoms. The fraction of sp³-hybridized carbons (Fsp3) is 0.333. The third kappa shape index (κ3) is 30.6. The van der Waals surface area contributed by atoms with Crippen LogP contribution in [0.4, 0.5) is 0 Å². The normalized spacial score (nSPS) is 8.33. The first-order valence-corrected chi connectivity index (χ1v) is 3.13. The predicted molar refractivity (Wildman–Crippen MR) is 43.6 cm³/mol. The zero-order chi connectivity index (χ0) is 7.54. The van der Waals surface area contributed by atoms with Gasteiger partial charge in [-0.1, -0.05) is 0 Å². The predicted octanol–water partition coefficient (Wildman–Crippen LogP) is -3.01. The molecular formula is C9H15Cl2Zr-2. The van der Waals surface area contributed by atoms with Crippen molar-refractivity contribution in [3.63, 3.8) is 0 Å². The van der Waals surface area contributed by atoms with Gasteiger partial charge >= 0.3 is 26.2 Å². The van der Waals surface area contributed by atoms with Gasteiger partial charge in [0.05, 0.1) is 0 Å². The summed E-state index contributed by atoms with van der Waals surface area (Å²) in [5.74, 6) is 0. The Balaban J connectivity index is -0.0000000213. The minimum atomic E-state index is 0. The van der Waals surface area contributed by atoms with Crippen molar-refractivity contribution in [3.05, 3.63) is 38.2 Å². The average molecular weight is 285 g/mol. The molecule has 1 aliphatic rings. The van der Waals surface area contributed by atoms with E-state index in [1.54, 1.807) is 13.8 Å². The molecule has 1 radical (unpaired) electrons. The van der Waals surface area contributed by atoms with E-state index in [1.165, 1.54) is 0 Å². The van der Waals surface area contributed by atoms with Gasteiger partial charge in [-0.05, 0) is 0 Å². The largest absolute Gasteiger partial charge is 3.00 e. The maximum atomic E-state index is 3.25. The van der Waals surface area contributed by atoms with Crippen LogP contribution in [0.5, 0.6) is 0 Å². The first-order chi connectivity index (χ1) is 4.50. The van der Waals surface area contributed by atoms with Gasteiger partial charge in [-0.3, -0.25) is 6.08 Å². The van der Waals surface area contributed by atoms with Crippen molar-refractivity contribution < 1.29 is 51.0 Å². The van der Waals surface area contributed by atoms with E-state index in [0.29, 0.717) is 0 Å². The summed E-state index contributed by atoms with van der Waals surface area (Å²) in [6, 6.07) is 0. The molecular weight excluding hydrogens is 270 g/mol. The second-order valence-corrected chi connectivity index (χ2v) is 1.00. The fourth-order valence-corrected chi connectivity index (χ4v) is 0.340. The van der Waals surface area contributed by atoms with Gasteiger partial charge in [-0.15, -0.1) is 6.42 Å². The van der Waals surface area contributed by atoms with Crippen molar-refractivity contribution in [3.8, 4) is 0 Å². The van der Waals surface area contributed by atoms with Gasteiger partial charge in [0, 0.05) is 0 Å². The summed E-state index contributed by atoms with van der Waals surface area (Å²) in [6.07, 6.45) is 10.0. The Bertz CT molecular complexity index is 70.6. The molecule has 0 N–H and O–H groups in total. The van der Waals surface area contributed by atoms with Crippen LogP contribution in [0.15, 0.2) is 18.2 Å². The maximum absolute atomic E-state index is 3.25. The summed E-state index contributed by atoms with van der Waals surface area (Å²) in [4.78, 5) is 0. The fourth-order valence-electron chi connectivity index (χ4n) is 0.340. The van der Waals surface area contributed by atoms with Crippen LogP contribution in [0.3, 0.4) is 0 Å². The van der Waals surface area contributed by atoms with Gasteiger partial charge in [0.15, 0.2) is 0 Å². The van der Waals surface area contributed by atoms with Crippen molar-refractivity contribution in [1.29, 1.82) is 0 Å². The Labute approximate surface area is 109 Å². The summed E-state index contributed by atoms with van der Waals surface area (Å²) < 4.78 is 0. The third-order valence-corrected chi connectivity index (χ3v) is 0.586. The smallest absolute Gasteiger partial charge is 1.00 e. The molecule has 0 unspecified atom stereocenters. The van der Waals surface area contributed by atoms with Gasteiger partial charge in [-0.25, -0.2) is 12.2 Å². The van der Waals surface area contributed by atoms with Crippen LogP contribution in [0.1, 0.15) is 20.3 Å². The van der Waals surface area contributed by atoms with Crippen LogP contribution in [0, 0.1) is 19.9 Å². The molecule has 3 heteroatoms. The number of allylic oxidation sites excluding steroid dienone is 4. The molecule has 0 saturated carbocycles. The molecule has 0 nitrogen and oxygen atoms in total. The molecule has 1 rings (SSSR count). The second kappa shape index (κ2) is 40.5. The standard InChI is InChI=1S/C5H5.2C2H5.2ClH.Zr/c1-2-4-5-3-1;2*1-2;;;/h1-3H,4H2;2*1H2,2H3;2*1H;/q3*-1;;;+3/p-2. The summed E-state index contributed by atoms with van der Waals surface area (Å²) in [5, 5.41) is 0. The van der Waals surface area contributed by atoms with Crippen LogP contribution in [-0.2, 0) is 26.2 Å². The zero-order valence-electron chi connectivity index (χ0n) is 7.61. The van der Waals surface area contributed by atoms with E-state index in [2.05, 4.69) is 26.0 Å². The van der Waals surface area contributed by atoms with Crippen LogP contribution < -0.4 is 24.8 Å². The van der Waals surface area contributed by atoms with Gasteiger partial charge in [0.25, 0.3) is 0 Å². The van der Waals surface area contributed by atoms with E-state index in [0.717, 1.165) is 6.42 Å². The molecule has 0 heterocycles. The number of hydrogen-bond acceptors (Lipinski definition) is 0. The third-order valence-electron chi connectivity index (χ3n) is 0.586. The van der Waals surface area contributed by atoms with Gasteiger partial charge < -0.3 is 38.7 Å². The summed E-state index contributed by atoms with van der Waals surface area (Å²) in [7, 11) is 0. The SMILES string of the molecule is [C-]1=CC=CC1.[CH2-]C.[CH2-]C.[Cl-].[Cl-].[Zr+3]. The maximum Gasteiger partial charge on any atom is 3.00 e. The van der Waals surface area contributed by atoms with Gasteiger partial charge in [-0.2, -0.15) is 19.9 Å². The Morgan fingerprint density at radius 3 is 1.58 bits per heavy atom. The molecule has 0 fully saturated rings. The van der Waals surface area contributed by atoms with Crippen LogP contribution >= 0.6 is 0 Å². The van der Waals surface area contributed by atoms with E-state index >= 15 is 0 Å². The van der Waals surface area contributed by atoms with Crippen molar-refractivity contribution in [1.82, 2.24) is 0 Å². The van der Waals surface area contributed by atoms with Crippen molar-refractivity contribution in [2.24, 2.45) is 0 Å². The minimum absolute atomic E-state index is 0. The van der Waals surface area contributed by atoms with Crippen LogP contribution in [-0.4, -0.2) is 0 Å². The second-order valence-electron chi connectivity index (χ2n) is 1.00. The monoisotopic (exact) mass is 283 g/mol. The van der Waals surface area contributed by atoms with E-state index in [4.69, 9.17) is 0 Å². The molecule has 0 amide bonds. The molecule has 0 spiro atoms. The molecule has 71 valence electrons. The number of halogens is 2. The van der Waals surface area contributed by atoms with Gasteiger partial charge in [0.2, 0.25) is 0 Å². The van der Waals surface area contributed by atoms with E-state index in [1.807, 2.05) is 12.2 Å². The van der Waals surface area contributed by atoms with Crippen molar-refractivity contribution >= 4 is 0 Å². The number of hydrogen-bond donors (Lipinski definition) is 0. The summed E-state index contributed by atoms with van der Waals surface area (Å²) in [6.45, 7) is 10.0. The van der Waals surface area contributed by atoms with Crippen molar-refractivity contribution in [2.75, 3.05) is 0 Å². The van der Waals surface area contributed by atoms with E-state index in [9.17, 15) is 0 Å². The topological polar surface area (TPSA) is 0 Å². The molecule has 0 aliphatic heterocycles. The van der Waals surface area contributed by atoms with Crippen LogP contribution in [0.2, 0.25) is 0 Å². The Morgan fingerprint density at radius 2 is 1.50 bits per heavy atom. The Hall–Kier alpha value is 0.943. The van der Waals surface area contributed by atoms with E-state index < -0.39 is 0 Å². The Morgan fingerprint density at radius 1 is 1.08 bits per heavy atom. The first kappa shape index (κ1) is 29.3. The zero-order valence-corrected chi connectivity index (χ0v) is 11.6. The molecule has 0 aromatic rings. The summed E-state index contributed by atoms with van der Waals surface area (Å²) in [5.41, 5.74) is 0. The average Bonchev–Trinajstić information content (AvgIpc) is 2.51. The first-order valence-electron chi connectivity index (χ1n) is 3.13. The molecule has 0 atom stereocenters. The molecule has 0 aromatic carbocycles. The van der Waals surface area contributed by atoms with Gasteiger partial charge in [0.1, 0.15) is 0 Å². The molecule has 0 saturated heterocycles. The Kier molecular flexibility index (Phi) is 98.7. The number of rotatable bonds is 0. The molecule has 1 aliphatic carbocycles. The van der Waals surface area contributed by atoms with Crippen LogP contribution in [0.25, 0.3) is 0 Å².